The van der Waals surface area contributed by atoms with Crippen LogP contribution in [0.4, 0.5) is 11.4 Å². The molecule has 1 aliphatic rings. The largest absolute Gasteiger partial charge is 0.478 e. The third-order valence-electron chi connectivity index (χ3n) is 4.51. The van der Waals surface area contributed by atoms with Gasteiger partial charge in [-0.2, -0.15) is 9.73 Å². The van der Waals surface area contributed by atoms with Crippen LogP contribution in [-0.4, -0.2) is 54.1 Å². The van der Waals surface area contributed by atoms with Gasteiger partial charge in [-0.3, -0.25) is 4.79 Å². The Morgan fingerprint density at radius 3 is 2.03 bits per heavy atom. The van der Waals surface area contributed by atoms with Crippen LogP contribution >= 0.6 is 34.8 Å². The summed E-state index contributed by atoms with van der Waals surface area (Å²) in [5, 5.41) is 26.1. The number of hydrogen-bond acceptors (Lipinski definition) is 7. The molecular weight excluding hydrogens is 535 g/mol. The van der Waals surface area contributed by atoms with E-state index in [-0.39, 0.29) is 49.2 Å². The summed E-state index contributed by atoms with van der Waals surface area (Å²) in [5.74, 6) is -4.31. The number of carboxylic acids is 2. The molecule has 0 spiro atoms. The number of rotatable bonds is 7. The Bertz CT molecular complexity index is 1290. The summed E-state index contributed by atoms with van der Waals surface area (Å²) in [6.45, 7) is 1.35. The molecule has 180 valence electrons. The zero-order valence-corrected chi connectivity index (χ0v) is 20.1. The third kappa shape index (κ3) is 5.42. The number of hydrogen-bond donors (Lipinski definition) is 4. The summed E-state index contributed by atoms with van der Waals surface area (Å²) in [6, 6.07) is 4.16. The molecule has 2 aromatic rings. The maximum atomic E-state index is 13.1. The average Bonchev–Trinajstić information content (AvgIpc) is 3.01. The van der Waals surface area contributed by atoms with Crippen molar-refractivity contribution in [1.82, 2.24) is 4.72 Å². The molecule has 2 aromatic carbocycles. The molecule has 3 rings (SSSR count). The van der Waals surface area contributed by atoms with Crippen LogP contribution < -0.4 is 15.0 Å². The number of carbonyl (C=O) groups excluding carboxylic acids is 1. The number of sulfonamides is 1. The Labute approximate surface area is 208 Å². The quantitative estimate of drug-likeness (QED) is 0.409. The Morgan fingerprint density at radius 1 is 1.03 bits per heavy atom. The van der Waals surface area contributed by atoms with Gasteiger partial charge in [0.15, 0.2) is 11.9 Å². The van der Waals surface area contributed by atoms with Gasteiger partial charge in [0.05, 0.1) is 26.9 Å². The molecule has 0 saturated heterocycles. The molecule has 0 bridgehead atoms. The second kappa shape index (κ2) is 9.76. The number of anilines is 2. The van der Waals surface area contributed by atoms with Crippen molar-refractivity contribution < 1.29 is 33.0 Å². The van der Waals surface area contributed by atoms with E-state index in [0.29, 0.717) is 0 Å². The molecule has 1 aliphatic heterocycles. The molecule has 0 aromatic heterocycles. The minimum Gasteiger partial charge on any atom is -0.478 e. The lowest BCUT2D eigenvalue weighted by Gasteiger charge is -2.17. The van der Waals surface area contributed by atoms with Crippen LogP contribution in [-0.2, 0) is 14.8 Å². The number of amides is 1. The smallest absolute Gasteiger partial charge is 0.335 e. The van der Waals surface area contributed by atoms with E-state index in [4.69, 9.17) is 34.8 Å². The zero-order valence-electron chi connectivity index (χ0n) is 17.0. The molecule has 15 heteroatoms. The number of nitrogens with one attached hydrogen (secondary N) is 2. The highest BCUT2D eigenvalue weighted by molar-refractivity contribution is 7.89. The number of nitrogens with zero attached hydrogens (tertiary/aromatic N) is 2. The predicted molar refractivity (Wildman–Crippen MR) is 127 cm³/mol. The Kier molecular flexibility index (Phi) is 7.38. The first-order valence-corrected chi connectivity index (χ1v) is 12.1. The van der Waals surface area contributed by atoms with Crippen molar-refractivity contribution in [3.05, 3.63) is 56.5 Å². The normalized spacial score (nSPS) is 15.9. The molecule has 4 N–H and O–H groups in total. The van der Waals surface area contributed by atoms with Crippen molar-refractivity contribution in [2.45, 2.75) is 13.0 Å². The van der Waals surface area contributed by atoms with Gasteiger partial charge < -0.3 is 15.5 Å². The van der Waals surface area contributed by atoms with E-state index in [2.05, 4.69) is 15.1 Å². The number of aromatic carboxylic acids is 2. The maximum absolute atomic E-state index is 13.1. The van der Waals surface area contributed by atoms with E-state index >= 15 is 0 Å². The summed E-state index contributed by atoms with van der Waals surface area (Å²) < 4.78 is 26.6. The Morgan fingerprint density at radius 2 is 1.56 bits per heavy atom. The molecule has 11 nitrogen and oxygen atoms in total. The first-order valence-electron chi connectivity index (χ1n) is 9.28. The van der Waals surface area contributed by atoms with Crippen molar-refractivity contribution in [1.29, 1.82) is 0 Å². The van der Waals surface area contributed by atoms with Gasteiger partial charge >= 0.3 is 11.9 Å². The lowest BCUT2D eigenvalue weighted by Crippen LogP contribution is -2.48. The summed E-state index contributed by atoms with van der Waals surface area (Å²) in [7, 11) is -3.93. The lowest BCUT2D eigenvalue weighted by atomic mass is 10.1. The van der Waals surface area contributed by atoms with Gasteiger partial charge in [-0.05, 0) is 37.3 Å². The van der Waals surface area contributed by atoms with E-state index in [0.717, 1.165) is 23.2 Å². The Hall–Kier alpha value is -2.90. The molecule has 34 heavy (non-hydrogen) atoms. The fraction of sp³-hybridized carbons (Fsp3) is 0.158. The number of amidine groups is 1. The van der Waals surface area contributed by atoms with Gasteiger partial charge in [0.1, 0.15) is 5.69 Å². The van der Waals surface area contributed by atoms with E-state index in [9.17, 15) is 33.0 Å². The summed E-state index contributed by atoms with van der Waals surface area (Å²) >= 11 is 18.3. The van der Waals surface area contributed by atoms with Crippen molar-refractivity contribution >= 4 is 79.9 Å². The van der Waals surface area contributed by atoms with Gasteiger partial charge in [-0.15, -0.1) is 5.10 Å². The number of halogens is 3. The van der Waals surface area contributed by atoms with Crippen LogP contribution in [0.25, 0.3) is 0 Å². The van der Waals surface area contributed by atoms with Crippen molar-refractivity contribution in [2.75, 3.05) is 16.1 Å². The topological polar surface area (TPSA) is 165 Å². The summed E-state index contributed by atoms with van der Waals surface area (Å²) in [6.07, 6.45) is 0. The number of benzene rings is 2. The standard InChI is InChI=1S/C19H15Cl3N4O7S/c1-2-34(32,33)25-14-16(23-11-4-8(18(28)29)3-9(5-11)19(30)31)24-26(17(14)27)15-12(21)6-10(20)7-13(15)22/h3-7,14,25H,2H2,1H3,(H,23,24)(H,28,29)(H,30,31). The first-order chi connectivity index (χ1) is 15.8. The highest BCUT2D eigenvalue weighted by atomic mass is 35.5. The molecule has 0 aliphatic carbocycles. The van der Waals surface area contributed by atoms with Gasteiger partial charge in [0.2, 0.25) is 10.0 Å². The van der Waals surface area contributed by atoms with Gasteiger partial charge in [0, 0.05) is 10.7 Å². The molecule has 1 amide bonds. The molecule has 1 atom stereocenters. The maximum Gasteiger partial charge on any atom is 0.335 e. The minimum absolute atomic E-state index is 0.0472. The first kappa shape index (κ1) is 25.7. The van der Waals surface area contributed by atoms with Crippen molar-refractivity contribution in [3.8, 4) is 0 Å². The molecule has 0 fully saturated rings. The minimum atomic E-state index is -3.93. The van der Waals surface area contributed by atoms with Crippen LogP contribution in [0, 0.1) is 0 Å². The number of carbonyl (C=O) groups is 3. The SMILES string of the molecule is CCS(=O)(=O)NC1C(=O)N(c2c(Cl)cc(Cl)cc2Cl)N=C1Nc1cc(C(=O)O)cc(C(=O)O)c1. The lowest BCUT2D eigenvalue weighted by molar-refractivity contribution is -0.118. The van der Waals surface area contributed by atoms with Crippen LogP contribution in [0.2, 0.25) is 15.1 Å². The van der Waals surface area contributed by atoms with Crippen molar-refractivity contribution in [2.24, 2.45) is 5.10 Å². The van der Waals surface area contributed by atoms with E-state index < -0.39 is 33.9 Å². The number of carboxylic acid groups (broad SMARTS) is 2. The summed E-state index contributed by atoms with van der Waals surface area (Å²) in [4.78, 5) is 36.0. The predicted octanol–water partition coefficient (Wildman–Crippen LogP) is 3.12. The Balaban J connectivity index is 2.12. The van der Waals surface area contributed by atoms with E-state index in [1.165, 1.54) is 19.1 Å². The highest BCUT2D eigenvalue weighted by Crippen LogP contribution is 2.38. The summed E-state index contributed by atoms with van der Waals surface area (Å²) in [5.41, 5.74) is -0.863. The van der Waals surface area contributed by atoms with Crippen molar-refractivity contribution in [3.63, 3.8) is 0 Å². The van der Waals surface area contributed by atoms with Crippen LogP contribution in [0.1, 0.15) is 27.6 Å². The fourth-order valence-electron chi connectivity index (χ4n) is 2.91. The monoisotopic (exact) mass is 548 g/mol. The van der Waals surface area contributed by atoms with Crippen LogP contribution in [0.3, 0.4) is 0 Å². The fourth-order valence-corrected chi connectivity index (χ4v) is 4.63. The second-order valence-corrected chi connectivity index (χ2v) is 10.1. The molecule has 1 heterocycles. The van der Waals surface area contributed by atoms with Crippen LogP contribution in [0.15, 0.2) is 35.4 Å². The molecule has 0 radical (unpaired) electrons. The number of hydrazone groups is 1. The van der Waals surface area contributed by atoms with Gasteiger partial charge in [-0.1, -0.05) is 34.8 Å². The highest BCUT2D eigenvalue weighted by Gasteiger charge is 2.41. The van der Waals surface area contributed by atoms with Gasteiger partial charge in [0.25, 0.3) is 5.91 Å². The van der Waals surface area contributed by atoms with Crippen LogP contribution in [0.5, 0.6) is 0 Å². The third-order valence-corrected chi connectivity index (χ3v) is 6.66. The molecular formula is C19H15Cl3N4O7S. The molecule has 1 unspecified atom stereocenters. The van der Waals surface area contributed by atoms with E-state index in [1.807, 2.05) is 0 Å². The van der Waals surface area contributed by atoms with Gasteiger partial charge in [-0.25, -0.2) is 18.0 Å². The second-order valence-electron chi connectivity index (χ2n) is 6.84. The van der Waals surface area contributed by atoms with E-state index in [1.54, 1.807) is 0 Å². The average molecular weight is 550 g/mol. The molecule has 0 saturated carbocycles. The zero-order chi connectivity index (χ0) is 25.4.